The zero-order chi connectivity index (χ0) is 18.5. The summed E-state index contributed by atoms with van der Waals surface area (Å²) in [6.07, 6.45) is 1.49. The number of nitrogens with zero attached hydrogens (tertiary/aromatic N) is 2. The number of aromatic nitrogens is 1. The second kappa shape index (κ2) is 8.37. The Balaban J connectivity index is 1.34. The van der Waals surface area contributed by atoms with Crippen LogP contribution in [0.4, 0.5) is 0 Å². The quantitative estimate of drug-likeness (QED) is 0.719. The topological polar surface area (TPSA) is 58.7 Å². The number of ether oxygens (including phenoxy) is 1. The number of likely N-dealkylation sites (tertiary alicyclic amines) is 1. The average Bonchev–Trinajstić information content (AvgIpc) is 3.18. The number of rotatable bonds is 6. The first-order valence-electron chi connectivity index (χ1n) is 9.39. The molecule has 5 nitrogen and oxygen atoms in total. The number of benzene rings is 2. The van der Waals surface area contributed by atoms with Gasteiger partial charge in [0.15, 0.2) is 5.76 Å². The Labute approximate surface area is 159 Å². The van der Waals surface area contributed by atoms with Crippen LogP contribution in [0.2, 0.25) is 0 Å². The van der Waals surface area contributed by atoms with E-state index in [4.69, 9.17) is 9.26 Å². The fraction of sp³-hybridized carbons (Fsp3) is 0.318. The normalized spacial score (nSPS) is 15.7. The Bertz CT molecular complexity index is 838. The molecule has 0 radical (unpaired) electrons. The molecule has 0 unspecified atom stereocenters. The van der Waals surface area contributed by atoms with Gasteiger partial charge in [0.05, 0.1) is 12.6 Å². The summed E-state index contributed by atoms with van der Waals surface area (Å²) >= 11 is 0. The Kier molecular flexibility index (Phi) is 5.51. The fourth-order valence-electron chi connectivity index (χ4n) is 3.28. The number of aliphatic hydroxyl groups excluding tert-OH is 1. The Hall–Kier alpha value is -2.63. The van der Waals surface area contributed by atoms with Gasteiger partial charge in [0, 0.05) is 24.7 Å². The summed E-state index contributed by atoms with van der Waals surface area (Å²) < 4.78 is 11.3. The molecule has 0 bridgehead atoms. The second-order valence-corrected chi connectivity index (χ2v) is 6.98. The van der Waals surface area contributed by atoms with Crippen molar-refractivity contribution in [1.82, 2.24) is 10.1 Å². The number of piperidine rings is 1. The summed E-state index contributed by atoms with van der Waals surface area (Å²) in [5, 5.41) is 13.8. The maximum Gasteiger partial charge on any atom is 0.151 e. The van der Waals surface area contributed by atoms with Crippen LogP contribution in [0.5, 0.6) is 5.75 Å². The highest BCUT2D eigenvalue weighted by Gasteiger charge is 2.18. The molecule has 0 aliphatic carbocycles. The van der Waals surface area contributed by atoms with Crippen LogP contribution in [-0.4, -0.2) is 34.4 Å². The highest BCUT2D eigenvalue weighted by atomic mass is 16.5. The van der Waals surface area contributed by atoms with Crippen LogP contribution in [0.25, 0.3) is 11.3 Å². The summed E-state index contributed by atoms with van der Waals surface area (Å²) in [7, 11) is 0. The summed E-state index contributed by atoms with van der Waals surface area (Å²) in [5.74, 6) is 1.68. The molecule has 4 rings (SSSR count). The van der Waals surface area contributed by atoms with Crippen LogP contribution < -0.4 is 4.74 Å². The predicted molar refractivity (Wildman–Crippen MR) is 103 cm³/mol. The summed E-state index contributed by atoms with van der Waals surface area (Å²) in [5.41, 5.74) is 2.98. The summed E-state index contributed by atoms with van der Waals surface area (Å²) in [6.45, 7) is 3.08. The van der Waals surface area contributed by atoms with Crippen LogP contribution in [-0.2, 0) is 13.2 Å². The number of hydrogen-bond donors (Lipinski definition) is 1. The lowest BCUT2D eigenvalue weighted by Crippen LogP contribution is -2.35. The molecule has 0 atom stereocenters. The van der Waals surface area contributed by atoms with E-state index in [1.165, 1.54) is 0 Å². The fourth-order valence-corrected chi connectivity index (χ4v) is 3.28. The van der Waals surface area contributed by atoms with Gasteiger partial charge < -0.3 is 14.4 Å². The molecule has 27 heavy (non-hydrogen) atoms. The standard InChI is InChI=1S/C22H24N2O3/c25-19-10-12-24(13-11-19)15-21-14-22(23-27-21)18-6-8-20(9-7-18)26-16-17-4-2-1-3-5-17/h1-9,14,19,25H,10-13,15-16H2. The Morgan fingerprint density at radius 1 is 1.04 bits per heavy atom. The molecule has 1 aliphatic heterocycles. The minimum atomic E-state index is -0.158. The SMILES string of the molecule is OC1CCN(Cc2cc(-c3ccc(OCc4ccccc4)cc3)no2)CC1. The molecule has 2 heterocycles. The minimum Gasteiger partial charge on any atom is -0.489 e. The smallest absolute Gasteiger partial charge is 0.151 e. The van der Waals surface area contributed by atoms with Gasteiger partial charge in [-0.05, 0) is 42.7 Å². The molecule has 1 aliphatic rings. The maximum absolute atomic E-state index is 9.60. The largest absolute Gasteiger partial charge is 0.489 e. The lowest BCUT2D eigenvalue weighted by Gasteiger charge is -2.28. The molecule has 3 aromatic rings. The molecule has 1 aromatic heterocycles. The molecule has 0 spiro atoms. The Morgan fingerprint density at radius 2 is 1.78 bits per heavy atom. The van der Waals surface area contributed by atoms with Gasteiger partial charge in [-0.25, -0.2) is 0 Å². The van der Waals surface area contributed by atoms with Crippen LogP contribution in [0.15, 0.2) is 65.2 Å². The van der Waals surface area contributed by atoms with E-state index in [9.17, 15) is 5.11 Å². The van der Waals surface area contributed by atoms with Crippen molar-refractivity contribution in [3.63, 3.8) is 0 Å². The van der Waals surface area contributed by atoms with Crippen molar-refractivity contribution >= 4 is 0 Å². The molecule has 0 amide bonds. The van der Waals surface area contributed by atoms with Crippen molar-refractivity contribution in [2.75, 3.05) is 13.1 Å². The van der Waals surface area contributed by atoms with Crippen molar-refractivity contribution in [3.8, 4) is 17.0 Å². The van der Waals surface area contributed by atoms with E-state index in [-0.39, 0.29) is 6.10 Å². The lowest BCUT2D eigenvalue weighted by atomic mass is 10.1. The van der Waals surface area contributed by atoms with E-state index in [0.717, 1.165) is 60.8 Å². The highest BCUT2D eigenvalue weighted by molar-refractivity contribution is 5.59. The van der Waals surface area contributed by atoms with Crippen LogP contribution in [0, 0.1) is 0 Å². The molecule has 5 heteroatoms. The summed E-state index contributed by atoms with van der Waals surface area (Å²) in [4.78, 5) is 2.29. The maximum atomic E-state index is 9.60. The third kappa shape index (κ3) is 4.76. The predicted octanol–water partition coefficient (Wildman–Crippen LogP) is 3.88. The molecule has 0 saturated carbocycles. The monoisotopic (exact) mass is 364 g/mol. The molecule has 1 N–H and O–H groups in total. The third-order valence-electron chi connectivity index (χ3n) is 4.89. The van der Waals surface area contributed by atoms with Gasteiger partial charge in [-0.2, -0.15) is 0 Å². The van der Waals surface area contributed by atoms with E-state index < -0.39 is 0 Å². The second-order valence-electron chi connectivity index (χ2n) is 6.98. The third-order valence-corrected chi connectivity index (χ3v) is 4.89. The van der Waals surface area contributed by atoms with Gasteiger partial charge in [-0.3, -0.25) is 4.90 Å². The van der Waals surface area contributed by atoms with Gasteiger partial charge in [0.1, 0.15) is 18.1 Å². The van der Waals surface area contributed by atoms with Crippen molar-refractivity contribution < 1.29 is 14.4 Å². The molecular weight excluding hydrogens is 340 g/mol. The van der Waals surface area contributed by atoms with Gasteiger partial charge in [-0.15, -0.1) is 0 Å². The molecule has 2 aromatic carbocycles. The van der Waals surface area contributed by atoms with Gasteiger partial charge in [-0.1, -0.05) is 35.5 Å². The highest BCUT2D eigenvalue weighted by Crippen LogP contribution is 2.24. The Morgan fingerprint density at radius 3 is 2.52 bits per heavy atom. The van der Waals surface area contributed by atoms with Crippen molar-refractivity contribution in [2.24, 2.45) is 0 Å². The zero-order valence-electron chi connectivity index (χ0n) is 15.3. The van der Waals surface area contributed by atoms with Crippen LogP contribution in [0.3, 0.4) is 0 Å². The first-order valence-corrected chi connectivity index (χ1v) is 9.39. The van der Waals surface area contributed by atoms with Crippen molar-refractivity contribution in [1.29, 1.82) is 0 Å². The van der Waals surface area contributed by atoms with E-state index in [1.807, 2.05) is 60.7 Å². The molecule has 140 valence electrons. The van der Waals surface area contributed by atoms with E-state index in [1.54, 1.807) is 0 Å². The number of hydrogen-bond acceptors (Lipinski definition) is 5. The van der Waals surface area contributed by atoms with Crippen molar-refractivity contribution in [3.05, 3.63) is 72.0 Å². The first kappa shape index (κ1) is 17.8. The summed E-state index contributed by atoms with van der Waals surface area (Å²) in [6, 6.07) is 20.0. The van der Waals surface area contributed by atoms with Crippen LogP contribution in [0.1, 0.15) is 24.2 Å². The molecular formula is C22H24N2O3. The van der Waals surface area contributed by atoms with Crippen LogP contribution >= 0.6 is 0 Å². The molecule has 1 saturated heterocycles. The van der Waals surface area contributed by atoms with Gasteiger partial charge in [0.2, 0.25) is 0 Å². The van der Waals surface area contributed by atoms with Gasteiger partial charge >= 0.3 is 0 Å². The van der Waals surface area contributed by atoms with E-state index in [0.29, 0.717) is 6.61 Å². The van der Waals surface area contributed by atoms with E-state index in [2.05, 4.69) is 10.1 Å². The van der Waals surface area contributed by atoms with Gasteiger partial charge in [0.25, 0.3) is 0 Å². The lowest BCUT2D eigenvalue weighted by molar-refractivity contribution is 0.0749. The zero-order valence-corrected chi connectivity index (χ0v) is 15.3. The van der Waals surface area contributed by atoms with E-state index >= 15 is 0 Å². The minimum absolute atomic E-state index is 0.158. The molecule has 1 fully saturated rings. The van der Waals surface area contributed by atoms with Crippen molar-refractivity contribution in [2.45, 2.75) is 32.1 Å². The average molecular weight is 364 g/mol. The number of aliphatic hydroxyl groups is 1. The first-order chi connectivity index (χ1) is 13.3.